The van der Waals surface area contributed by atoms with Gasteiger partial charge < -0.3 is 15.0 Å². The summed E-state index contributed by atoms with van der Waals surface area (Å²) < 4.78 is 5.16. The van der Waals surface area contributed by atoms with Crippen LogP contribution in [0, 0.1) is 0 Å². The van der Waals surface area contributed by atoms with Gasteiger partial charge in [0.2, 0.25) is 5.91 Å². The zero-order chi connectivity index (χ0) is 11.7. The number of amides is 1. The number of carbonyl (C=O) groups is 1. The summed E-state index contributed by atoms with van der Waals surface area (Å²) in [5.74, 6) is 0.865. The summed E-state index contributed by atoms with van der Waals surface area (Å²) in [7, 11) is 1.63. The molecule has 1 amide bonds. The van der Waals surface area contributed by atoms with E-state index in [4.69, 9.17) is 4.74 Å². The molecule has 1 N–H and O–H groups in total. The van der Waals surface area contributed by atoms with Crippen molar-refractivity contribution in [2.75, 3.05) is 23.9 Å². The second kappa shape index (κ2) is 4.04. The third kappa shape index (κ3) is 1.71. The first kappa shape index (κ1) is 10.8. The van der Waals surface area contributed by atoms with Crippen LogP contribution in [-0.2, 0) is 4.79 Å². The highest BCUT2D eigenvalue weighted by Gasteiger charge is 2.25. The molecule has 0 aromatic heterocycles. The average molecular weight is 220 g/mol. The van der Waals surface area contributed by atoms with Crippen LogP contribution in [0.2, 0.25) is 0 Å². The molecular formula is C12H16N2O2. The van der Waals surface area contributed by atoms with Crippen LogP contribution in [0.4, 0.5) is 11.4 Å². The topological polar surface area (TPSA) is 41.6 Å². The lowest BCUT2D eigenvalue weighted by Gasteiger charge is -2.35. The number of hydrogen-bond donors (Lipinski definition) is 1. The van der Waals surface area contributed by atoms with Crippen molar-refractivity contribution in [1.82, 2.24) is 0 Å². The van der Waals surface area contributed by atoms with E-state index in [9.17, 15) is 4.79 Å². The second-order valence-electron chi connectivity index (χ2n) is 4.00. The Morgan fingerprint density at radius 2 is 2.31 bits per heavy atom. The van der Waals surface area contributed by atoms with Gasteiger partial charge in [0, 0.05) is 19.5 Å². The molecule has 2 rings (SSSR count). The van der Waals surface area contributed by atoms with Crippen molar-refractivity contribution in [3.05, 3.63) is 18.2 Å². The molecule has 1 heterocycles. The van der Waals surface area contributed by atoms with Crippen molar-refractivity contribution in [2.24, 2.45) is 0 Å². The monoisotopic (exact) mass is 220 g/mol. The maximum absolute atomic E-state index is 11.6. The van der Waals surface area contributed by atoms with E-state index < -0.39 is 0 Å². The van der Waals surface area contributed by atoms with E-state index >= 15 is 0 Å². The van der Waals surface area contributed by atoms with Gasteiger partial charge in [-0.15, -0.1) is 0 Å². The summed E-state index contributed by atoms with van der Waals surface area (Å²) in [6.07, 6.45) is 0. The highest BCUT2D eigenvalue weighted by Crippen LogP contribution is 2.34. The van der Waals surface area contributed by atoms with E-state index in [0.29, 0.717) is 0 Å². The van der Waals surface area contributed by atoms with E-state index in [2.05, 4.69) is 5.32 Å². The Hall–Kier alpha value is -1.71. The van der Waals surface area contributed by atoms with Gasteiger partial charge in [-0.2, -0.15) is 0 Å². The number of nitrogens with one attached hydrogen (secondary N) is 1. The lowest BCUT2D eigenvalue weighted by atomic mass is 10.1. The van der Waals surface area contributed by atoms with Gasteiger partial charge in [0.05, 0.1) is 24.5 Å². The molecule has 86 valence electrons. The average Bonchev–Trinajstić information content (AvgIpc) is 2.27. The molecule has 16 heavy (non-hydrogen) atoms. The highest BCUT2D eigenvalue weighted by molar-refractivity contribution is 5.97. The summed E-state index contributed by atoms with van der Waals surface area (Å²) in [4.78, 5) is 13.4. The molecule has 4 nitrogen and oxygen atoms in total. The molecule has 1 atom stereocenters. The molecule has 0 fully saturated rings. The zero-order valence-corrected chi connectivity index (χ0v) is 9.78. The summed E-state index contributed by atoms with van der Waals surface area (Å²) in [5.41, 5.74) is 1.87. The van der Waals surface area contributed by atoms with E-state index in [-0.39, 0.29) is 11.9 Å². The predicted octanol–water partition coefficient (Wildman–Crippen LogP) is 1.86. The van der Waals surface area contributed by atoms with Crippen LogP contribution in [0.1, 0.15) is 13.8 Å². The van der Waals surface area contributed by atoms with Gasteiger partial charge in [0.15, 0.2) is 0 Å². The van der Waals surface area contributed by atoms with Crippen molar-refractivity contribution >= 4 is 17.3 Å². The Labute approximate surface area is 95.2 Å². The molecule has 1 aromatic carbocycles. The first-order valence-electron chi connectivity index (χ1n) is 5.35. The summed E-state index contributed by atoms with van der Waals surface area (Å²) >= 11 is 0. The van der Waals surface area contributed by atoms with Crippen molar-refractivity contribution in [3.8, 4) is 5.75 Å². The van der Waals surface area contributed by atoms with Gasteiger partial charge >= 0.3 is 0 Å². The molecule has 0 bridgehead atoms. The number of methoxy groups -OCH3 is 1. The highest BCUT2D eigenvalue weighted by atomic mass is 16.5. The van der Waals surface area contributed by atoms with Crippen LogP contribution in [0.3, 0.4) is 0 Å². The van der Waals surface area contributed by atoms with Crippen LogP contribution >= 0.6 is 0 Å². The summed E-state index contributed by atoms with van der Waals surface area (Å²) in [5, 5.41) is 3.30. The Morgan fingerprint density at radius 3 is 2.94 bits per heavy atom. The van der Waals surface area contributed by atoms with E-state index in [1.807, 2.05) is 30.0 Å². The van der Waals surface area contributed by atoms with Gasteiger partial charge in [-0.05, 0) is 19.1 Å². The van der Waals surface area contributed by atoms with Crippen LogP contribution in [0.15, 0.2) is 18.2 Å². The quantitative estimate of drug-likeness (QED) is 0.785. The van der Waals surface area contributed by atoms with E-state index in [0.717, 1.165) is 23.7 Å². The molecule has 1 aliphatic rings. The molecule has 4 heteroatoms. The fourth-order valence-electron chi connectivity index (χ4n) is 2.06. The molecule has 0 aliphatic carbocycles. The third-order valence-corrected chi connectivity index (χ3v) is 2.83. The predicted molar refractivity (Wildman–Crippen MR) is 64.1 cm³/mol. The molecule has 1 aromatic rings. The van der Waals surface area contributed by atoms with Gasteiger partial charge in [0.1, 0.15) is 5.75 Å². The maximum Gasteiger partial charge on any atom is 0.224 e. The number of ether oxygens (including phenoxy) is 1. The molecule has 1 aliphatic heterocycles. The first-order valence-corrected chi connectivity index (χ1v) is 5.35. The Bertz CT molecular complexity index is 417. The fraction of sp³-hybridized carbons (Fsp3) is 0.417. The largest absolute Gasteiger partial charge is 0.497 e. The number of hydrogen-bond acceptors (Lipinski definition) is 3. The van der Waals surface area contributed by atoms with Crippen LogP contribution in [0.5, 0.6) is 5.75 Å². The maximum atomic E-state index is 11.6. The minimum Gasteiger partial charge on any atom is -0.497 e. The normalized spacial score (nSPS) is 18.7. The van der Waals surface area contributed by atoms with Crippen LogP contribution in [-0.4, -0.2) is 25.6 Å². The second-order valence-corrected chi connectivity index (χ2v) is 4.00. The third-order valence-electron chi connectivity index (χ3n) is 2.83. The van der Waals surface area contributed by atoms with Crippen molar-refractivity contribution in [3.63, 3.8) is 0 Å². The van der Waals surface area contributed by atoms with Gasteiger partial charge in [0.25, 0.3) is 0 Å². The van der Waals surface area contributed by atoms with Crippen molar-refractivity contribution in [2.45, 2.75) is 19.9 Å². The molecule has 0 saturated carbocycles. The lowest BCUT2D eigenvalue weighted by Crippen LogP contribution is -2.44. The minimum absolute atomic E-state index is 0.0698. The number of benzene rings is 1. The smallest absolute Gasteiger partial charge is 0.224 e. The Morgan fingerprint density at radius 1 is 1.56 bits per heavy atom. The van der Waals surface area contributed by atoms with Gasteiger partial charge in [-0.1, -0.05) is 0 Å². The standard InChI is InChI=1S/C12H16N2O2/c1-8-7-13-11-6-10(16-3)4-5-12(11)14(8)9(2)15/h4-6,8,13H,7H2,1-3H3. The molecule has 0 radical (unpaired) electrons. The minimum atomic E-state index is 0.0698. The number of carbonyl (C=O) groups excluding carboxylic acids is 1. The van der Waals surface area contributed by atoms with Gasteiger partial charge in [-0.3, -0.25) is 4.79 Å². The Kier molecular flexibility index (Phi) is 2.73. The van der Waals surface area contributed by atoms with Crippen molar-refractivity contribution in [1.29, 1.82) is 0 Å². The first-order chi connectivity index (χ1) is 7.63. The molecular weight excluding hydrogens is 204 g/mol. The molecule has 0 spiro atoms. The van der Waals surface area contributed by atoms with Gasteiger partial charge in [-0.25, -0.2) is 0 Å². The SMILES string of the molecule is COc1ccc2c(c1)NCC(C)N2C(C)=O. The number of rotatable bonds is 1. The fourth-order valence-corrected chi connectivity index (χ4v) is 2.06. The van der Waals surface area contributed by atoms with Crippen LogP contribution in [0.25, 0.3) is 0 Å². The lowest BCUT2D eigenvalue weighted by molar-refractivity contribution is -0.116. The number of fused-ring (bicyclic) bond motifs is 1. The number of anilines is 2. The summed E-state index contributed by atoms with van der Waals surface area (Å²) in [6.45, 7) is 4.39. The molecule has 1 unspecified atom stereocenters. The zero-order valence-electron chi connectivity index (χ0n) is 9.78. The number of nitrogens with zero attached hydrogens (tertiary/aromatic N) is 1. The Balaban J connectivity index is 2.44. The molecule has 0 saturated heterocycles. The van der Waals surface area contributed by atoms with E-state index in [1.165, 1.54) is 0 Å². The summed E-state index contributed by atoms with van der Waals surface area (Å²) in [6, 6.07) is 5.88. The van der Waals surface area contributed by atoms with E-state index in [1.54, 1.807) is 14.0 Å². The van der Waals surface area contributed by atoms with Crippen molar-refractivity contribution < 1.29 is 9.53 Å². The van der Waals surface area contributed by atoms with Crippen LogP contribution < -0.4 is 15.0 Å².